The number of rotatable bonds is 3. The number of halogens is 1. The van der Waals surface area contributed by atoms with Crippen molar-refractivity contribution in [3.05, 3.63) is 24.0 Å². The van der Waals surface area contributed by atoms with Crippen molar-refractivity contribution in [1.29, 1.82) is 0 Å². The summed E-state index contributed by atoms with van der Waals surface area (Å²) in [5.41, 5.74) is 1.71. The van der Waals surface area contributed by atoms with Crippen LogP contribution in [0, 0.1) is 11.7 Å². The predicted molar refractivity (Wildman–Crippen MR) is 87.5 cm³/mol. The van der Waals surface area contributed by atoms with Crippen molar-refractivity contribution in [1.82, 2.24) is 0 Å². The molecular formula is C18H27FN2. The molecule has 1 aliphatic carbocycles. The molecule has 0 spiro atoms. The molecular weight excluding hydrogens is 263 g/mol. The number of hydrogen-bond donors (Lipinski definition) is 1. The fraction of sp³-hybridized carbons (Fsp3) is 0.667. The van der Waals surface area contributed by atoms with Gasteiger partial charge in [0.1, 0.15) is 5.82 Å². The molecule has 0 bridgehead atoms. The van der Waals surface area contributed by atoms with Gasteiger partial charge in [0.15, 0.2) is 0 Å². The van der Waals surface area contributed by atoms with Crippen molar-refractivity contribution in [2.45, 2.75) is 57.9 Å². The van der Waals surface area contributed by atoms with Crippen LogP contribution in [0.1, 0.15) is 51.9 Å². The van der Waals surface area contributed by atoms with E-state index >= 15 is 0 Å². The van der Waals surface area contributed by atoms with E-state index < -0.39 is 0 Å². The Morgan fingerprint density at radius 1 is 1.05 bits per heavy atom. The van der Waals surface area contributed by atoms with Crippen LogP contribution in [0.15, 0.2) is 18.2 Å². The first-order valence-corrected chi connectivity index (χ1v) is 8.53. The lowest BCUT2D eigenvalue weighted by Crippen LogP contribution is -2.20. The average Bonchev–Trinajstić information content (AvgIpc) is 2.91. The minimum absolute atomic E-state index is 0.0797. The Labute approximate surface area is 127 Å². The van der Waals surface area contributed by atoms with Gasteiger partial charge in [-0.15, -0.1) is 0 Å². The van der Waals surface area contributed by atoms with Gasteiger partial charge in [-0.25, -0.2) is 4.39 Å². The predicted octanol–water partition coefficient (Wildman–Crippen LogP) is 4.81. The molecule has 3 heteroatoms. The maximum absolute atomic E-state index is 14.3. The molecule has 2 aliphatic rings. The van der Waals surface area contributed by atoms with Crippen LogP contribution in [0.5, 0.6) is 0 Å². The summed E-state index contributed by atoms with van der Waals surface area (Å²) in [6.45, 7) is 4.32. The van der Waals surface area contributed by atoms with Crippen molar-refractivity contribution in [3.63, 3.8) is 0 Å². The Balaban J connectivity index is 1.64. The number of nitrogens with one attached hydrogen (secondary N) is 1. The highest BCUT2D eigenvalue weighted by molar-refractivity contribution is 5.57. The Kier molecular flexibility index (Phi) is 4.67. The maximum Gasteiger partial charge on any atom is 0.148 e. The molecule has 1 aromatic carbocycles. The first-order valence-electron chi connectivity index (χ1n) is 8.53. The summed E-state index contributed by atoms with van der Waals surface area (Å²) in [5, 5.41) is 3.54. The topological polar surface area (TPSA) is 15.3 Å². The molecule has 3 rings (SSSR count). The van der Waals surface area contributed by atoms with Gasteiger partial charge in [-0.05, 0) is 56.2 Å². The molecule has 2 unspecified atom stereocenters. The smallest absolute Gasteiger partial charge is 0.148 e. The van der Waals surface area contributed by atoms with E-state index in [1.54, 1.807) is 6.07 Å². The fourth-order valence-corrected chi connectivity index (χ4v) is 3.68. The average molecular weight is 290 g/mol. The van der Waals surface area contributed by atoms with Crippen molar-refractivity contribution in [2.75, 3.05) is 23.3 Å². The highest BCUT2D eigenvalue weighted by atomic mass is 19.1. The summed E-state index contributed by atoms with van der Waals surface area (Å²) in [7, 11) is 0. The van der Waals surface area contributed by atoms with Crippen LogP contribution in [0.3, 0.4) is 0 Å². The van der Waals surface area contributed by atoms with Gasteiger partial charge in [0, 0.05) is 24.8 Å². The SMILES string of the molecule is CC1CCCC(Nc2ccc(N3CCCC3)c(F)c2)CC1. The molecule has 0 aromatic heterocycles. The summed E-state index contributed by atoms with van der Waals surface area (Å²) in [4.78, 5) is 2.16. The minimum atomic E-state index is -0.0797. The van der Waals surface area contributed by atoms with Crippen LogP contribution in [0.2, 0.25) is 0 Å². The molecule has 21 heavy (non-hydrogen) atoms. The highest BCUT2D eigenvalue weighted by Crippen LogP contribution is 2.28. The molecule has 2 fully saturated rings. The summed E-state index contributed by atoms with van der Waals surface area (Å²) < 4.78 is 14.3. The van der Waals surface area contributed by atoms with E-state index in [0.717, 1.165) is 30.4 Å². The van der Waals surface area contributed by atoms with Crippen molar-refractivity contribution < 1.29 is 4.39 Å². The second-order valence-electron chi connectivity index (χ2n) is 6.82. The molecule has 1 N–H and O–H groups in total. The van der Waals surface area contributed by atoms with Crippen LogP contribution in [0.25, 0.3) is 0 Å². The minimum Gasteiger partial charge on any atom is -0.382 e. The zero-order valence-electron chi connectivity index (χ0n) is 13.1. The number of anilines is 2. The molecule has 1 aliphatic heterocycles. The molecule has 1 aromatic rings. The molecule has 0 radical (unpaired) electrons. The zero-order chi connectivity index (χ0) is 14.7. The van der Waals surface area contributed by atoms with Gasteiger partial charge in [-0.1, -0.05) is 19.8 Å². The molecule has 2 atom stereocenters. The lowest BCUT2D eigenvalue weighted by atomic mass is 10.0. The highest BCUT2D eigenvalue weighted by Gasteiger charge is 2.18. The Hall–Kier alpha value is -1.25. The Bertz CT molecular complexity index is 468. The lowest BCUT2D eigenvalue weighted by molar-refractivity contribution is 0.502. The van der Waals surface area contributed by atoms with Crippen LogP contribution < -0.4 is 10.2 Å². The first kappa shape index (κ1) is 14.7. The van der Waals surface area contributed by atoms with Gasteiger partial charge in [0.2, 0.25) is 0 Å². The van der Waals surface area contributed by atoms with Crippen molar-refractivity contribution in [3.8, 4) is 0 Å². The van der Waals surface area contributed by atoms with Gasteiger partial charge in [-0.3, -0.25) is 0 Å². The van der Waals surface area contributed by atoms with Gasteiger partial charge < -0.3 is 10.2 Å². The maximum atomic E-state index is 14.3. The molecule has 1 heterocycles. The molecule has 1 saturated carbocycles. The second kappa shape index (κ2) is 6.67. The summed E-state index contributed by atoms with van der Waals surface area (Å²) in [5.74, 6) is 0.759. The van der Waals surface area contributed by atoms with E-state index in [9.17, 15) is 4.39 Å². The fourth-order valence-electron chi connectivity index (χ4n) is 3.68. The van der Waals surface area contributed by atoms with E-state index in [1.165, 1.54) is 44.9 Å². The van der Waals surface area contributed by atoms with E-state index in [0.29, 0.717) is 6.04 Å². The molecule has 2 nitrogen and oxygen atoms in total. The van der Waals surface area contributed by atoms with Crippen molar-refractivity contribution >= 4 is 11.4 Å². The molecule has 0 amide bonds. The van der Waals surface area contributed by atoms with Crippen LogP contribution in [0.4, 0.5) is 15.8 Å². The monoisotopic (exact) mass is 290 g/mol. The molecule has 1 saturated heterocycles. The summed E-state index contributed by atoms with van der Waals surface area (Å²) in [6, 6.07) is 6.18. The van der Waals surface area contributed by atoms with Gasteiger partial charge in [-0.2, -0.15) is 0 Å². The first-order chi connectivity index (χ1) is 10.2. The van der Waals surface area contributed by atoms with Crippen LogP contribution >= 0.6 is 0 Å². The number of benzene rings is 1. The van der Waals surface area contributed by atoms with Crippen LogP contribution in [-0.2, 0) is 0 Å². The number of hydrogen-bond acceptors (Lipinski definition) is 2. The van der Waals surface area contributed by atoms with E-state index in [-0.39, 0.29) is 5.82 Å². The van der Waals surface area contributed by atoms with E-state index in [2.05, 4.69) is 17.1 Å². The Morgan fingerprint density at radius 3 is 2.62 bits per heavy atom. The van der Waals surface area contributed by atoms with Gasteiger partial charge in [0.05, 0.1) is 5.69 Å². The standard InChI is InChI=1S/C18H27FN2/c1-14-5-4-6-15(8-7-14)20-16-9-10-18(17(19)13-16)21-11-2-3-12-21/h9-10,13-15,20H,2-8,11-12H2,1H3. The summed E-state index contributed by atoms with van der Waals surface area (Å²) >= 11 is 0. The van der Waals surface area contributed by atoms with Gasteiger partial charge >= 0.3 is 0 Å². The van der Waals surface area contributed by atoms with Crippen LogP contribution in [-0.4, -0.2) is 19.1 Å². The van der Waals surface area contributed by atoms with E-state index in [1.807, 2.05) is 12.1 Å². The van der Waals surface area contributed by atoms with E-state index in [4.69, 9.17) is 0 Å². The number of nitrogens with zero attached hydrogens (tertiary/aromatic N) is 1. The van der Waals surface area contributed by atoms with Gasteiger partial charge in [0.25, 0.3) is 0 Å². The zero-order valence-corrected chi connectivity index (χ0v) is 13.1. The third kappa shape index (κ3) is 3.69. The third-order valence-electron chi connectivity index (χ3n) is 5.02. The Morgan fingerprint density at radius 2 is 1.86 bits per heavy atom. The van der Waals surface area contributed by atoms with Crippen molar-refractivity contribution in [2.24, 2.45) is 5.92 Å². The normalized spacial score (nSPS) is 26.7. The quantitative estimate of drug-likeness (QED) is 0.804. The second-order valence-corrected chi connectivity index (χ2v) is 6.82. The third-order valence-corrected chi connectivity index (χ3v) is 5.02. The summed E-state index contributed by atoms with van der Waals surface area (Å²) in [6.07, 6.45) is 8.68. The molecule has 116 valence electrons. The largest absolute Gasteiger partial charge is 0.382 e. The lowest BCUT2D eigenvalue weighted by Gasteiger charge is -2.21.